The highest BCUT2D eigenvalue weighted by Crippen LogP contribution is 2.09. The standard InChI is InChI=1S/C11H13F2NO/c1-2-14-4-3-11(15)8-5-9(12)7-10(13)6-8/h5-7,14H,2-4H2,1H3. The van der Waals surface area contributed by atoms with Gasteiger partial charge >= 0.3 is 0 Å². The van der Waals surface area contributed by atoms with Crippen molar-refractivity contribution in [3.8, 4) is 0 Å². The van der Waals surface area contributed by atoms with Gasteiger partial charge in [0.25, 0.3) is 0 Å². The maximum atomic E-state index is 12.8. The van der Waals surface area contributed by atoms with Crippen LogP contribution in [0.5, 0.6) is 0 Å². The molecule has 1 aromatic rings. The van der Waals surface area contributed by atoms with E-state index in [-0.39, 0.29) is 17.8 Å². The Balaban J connectivity index is 2.65. The van der Waals surface area contributed by atoms with E-state index in [1.807, 2.05) is 6.92 Å². The minimum absolute atomic E-state index is 0.0883. The maximum absolute atomic E-state index is 12.8. The summed E-state index contributed by atoms with van der Waals surface area (Å²) >= 11 is 0. The van der Waals surface area contributed by atoms with E-state index in [1.165, 1.54) is 0 Å². The molecule has 0 aliphatic heterocycles. The maximum Gasteiger partial charge on any atom is 0.164 e. The van der Waals surface area contributed by atoms with Gasteiger partial charge in [0, 0.05) is 24.6 Å². The number of halogens is 2. The molecule has 0 radical (unpaired) electrons. The summed E-state index contributed by atoms with van der Waals surface area (Å²) in [5.41, 5.74) is 0.0883. The third kappa shape index (κ3) is 3.75. The fourth-order valence-electron chi connectivity index (χ4n) is 1.24. The fourth-order valence-corrected chi connectivity index (χ4v) is 1.24. The van der Waals surface area contributed by atoms with Gasteiger partial charge in [-0.05, 0) is 18.7 Å². The smallest absolute Gasteiger partial charge is 0.164 e. The molecule has 0 unspecified atom stereocenters. The van der Waals surface area contributed by atoms with Crippen molar-refractivity contribution in [3.63, 3.8) is 0 Å². The molecule has 0 heterocycles. The number of carbonyl (C=O) groups is 1. The summed E-state index contributed by atoms with van der Waals surface area (Å²) in [4.78, 5) is 11.5. The highest BCUT2D eigenvalue weighted by Gasteiger charge is 2.08. The van der Waals surface area contributed by atoms with Crippen LogP contribution in [0.25, 0.3) is 0 Å². The summed E-state index contributed by atoms with van der Waals surface area (Å²) in [6.07, 6.45) is 0.247. The van der Waals surface area contributed by atoms with Crippen molar-refractivity contribution in [2.24, 2.45) is 0 Å². The Morgan fingerprint density at radius 1 is 1.27 bits per heavy atom. The fraction of sp³-hybridized carbons (Fsp3) is 0.364. The molecule has 1 rings (SSSR count). The van der Waals surface area contributed by atoms with E-state index < -0.39 is 11.6 Å². The van der Waals surface area contributed by atoms with Crippen LogP contribution in [0.3, 0.4) is 0 Å². The van der Waals surface area contributed by atoms with Gasteiger partial charge in [-0.15, -0.1) is 0 Å². The van der Waals surface area contributed by atoms with E-state index >= 15 is 0 Å². The van der Waals surface area contributed by atoms with Gasteiger partial charge in [-0.3, -0.25) is 4.79 Å². The van der Waals surface area contributed by atoms with Gasteiger partial charge < -0.3 is 5.32 Å². The van der Waals surface area contributed by atoms with Crippen molar-refractivity contribution in [2.45, 2.75) is 13.3 Å². The molecular weight excluding hydrogens is 200 g/mol. The zero-order valence-electron chi connectivity index (χ0n) is 8.52. The topological polar surface area (TPSA) is 29.1 Å². The summed E-state index contributed by atoms with van der Waals surface area (Å²) in [6.45, 7) is 3.21. The van der Waals surface area contributed by atoms with Gasteiger partial charge in [0.1, 0.15) is 11.6 Å². The number of hydrogen-bond acceptors (Lipinski definition) is 2. The molecule has 0 aromatic heterocycles. The molecule has 0 atom stereocenters. The zero-order chi connectivity index (χ0) is 11.3. The first-order chi connectivity index (χ1) is 7.13. The van der Waals surface area contributed by atoms with Crippen LogP contribution in [-0.4, -0.2) is 18.9 Å². The Hall–Kier alpha value is -1.29. The molecule has 82 valence electrons. The number of rotatable bonds is 5. The molecule has 4 heteroatoms. The van der Waals surface area contributed by atoms with E-state index in [1.54, 1.807) is 0 Å². The third-order valence-electron chi connectivity index (χ3n) is 1.96. The average molecular weight is 213 g/mol. The number of hydrogen-bond donors (Lipinski definition) is 1. The predicted molar refractivity (Wildman–Crippen MR) is 53.8 cm³/mol. The monoisotopic (exact) mass is 213 g/mol. The molecule has 2 nitrogen and oxygen atoms in total. The Labute approximate surface area is 87.3 Å². The highest BCUT2D eigenvalue weighted by molar-refractivity contribution is 5.96. The lowest BCUT2D eigenvalue weighted by Gasteiger charge is -2.02. The van der Waals surface area contributed by atoms with E-state index in [0.29, 0.717) is 6.54 Å². The number of carbonyl (C=O) groups excluding carboxylic acids is 1. The average Bonchev–Trinajstić information content (AvgIpc) is 2.16. The Morgan fingerprint density at radius 3 is 2.40 bits per heavy atom. The van der Waals surface area contributed by atoms with E-state index in [2.05, 4.69) is 5.32 Å². The Morgan fingerprint density at radius 2 is 1.87 bits per heavy atom. The quantitative estimate of drug-likeness (QED) is 0.599. The number of benzene rings is 1. The lowest BCUT2D eigenvalue weighted by atomic mass is 10.1. The van der Waals surface area contributed by atoms with Gasteiger partial charge in [-0.1, -0.05) is 6.92 Å². The second kappa shape index (κ2) is 5.56. The van der Waals surface area contributed by atoms with Crippen LogP contribution in [0.15, 0.2) is 18.2 Å². The SMILES string of the molecule is CCNCCC(=O)c1cc(F)cc(F)c1. The molecule has 0 saturated heterocycles. The number of nitrogens with one attached hydrogen (secondary N) is 1. The molecule has 0 fully saturated rings. The summed E-state index contributed by atoms with van der Waals surface area (Å²) in [7, 11) is 0. The van der Waals surface area contributed by atoms with E-state index in [4.69, 9.17) is 0 Å². The van der Waals surface area contributed by atoms with Crippen molar-refractivity contribution >= 4 is 5.78 Å². The molecule has 0 spiro atoms. The molecule has 1 N–H and O–H groups in total. The summed E-state index contributed by atoms with van der Waals surface area (Å²) in [5, 5.41) is 2.97. The van der Waals surface area contributed by atoms with Crippen LogP contribution < -0.4 is 5.32 Å². The summed E-state index contributed by atoms with van der Waals surface area (Å²) < 4.78 is 25.5. The van der Waals surface area contributed by atoms with Crippen LogP contribution in [0, 0.1) is 11.6 Å². The van der Waals surface area contributed by atoms with Crippen LogP contribution in [0.1, 0.15) is 23.7 Å². The van der Waals surface area contributed by atoms with Crippen molar-refractivity contribution in [3.05, 3.63) is 35.4 Å². The molecule has 0 aliphatic carbocycles. The molecule has 0 saturated carbocycles. The van der Waals surface area contributed by atoms with E-state index in [9.17, 15) is 13.6 Å². The lowest BCUT2D eigenvalue weighted by molar-refractivity contribution is 0.0982. The second-order valence-corrected chi connectivity index (χ2v) is 3.18. The highest BCUT2D eigenvalue weighted by atomic mass is 19.1. The molecule has 0 aliphatic rings. The van der Waals surface area contributed by atoms with Gasteiger partial charge in [0.15, 0.2) is 5.78 Å². The van der Waals surface area contributed by atoms with Gasteiger partial charge in [0.05, 0.1) is 0 Å². The summed E-state index contributed by atoms with van der Waals surface area (Å²) in [6, 6.07) is 2.86. The first kappa shape index (κ1) is 11.8. The van der Waals surface area contributed by atoms with Crippen LogP contribution in [0.4, 0.5) is 8.78 Å². The van der Waals surface area contributed by atoms with Crippen molar-refractivity contribution < 1.29 is 13.6 Å². The lowest BCUT2D eigenvalue weighted by Crippen LogP contribution is -2.17. The van der Waals surface area contributed by atoms with Crippen LogP contribution in [0.2, 0.25) is 0 Å². The number of ketones is 1. The first-order valence-corrected chi connectivity index (χ1v) is 4.83. The number of Topliss-reactive ketones (excluding diaryl/α,β-unsaturated/α-hetero) is 1. The summed E-state index contributed by atoms with van der Waals surface area (Å²) in [5.74, 6) is -1.70. The molecule has 1 aromatic carbocycles. The molecule has 15 heavy (non-hydrogen) atoms. The Kier molecular flexibility index (Phi) is 4.37. The third-order valence-corrected chi connectivity index (χ3v) is 1.96. The minimum Gasteiger partial charge on any atom is -0.317 e. The van der Waals surface area contributed by atoms with Gasteiger partial charge in [-0.25, -0.2) is 8.78 Å². The van der Waals surface area contributed by atoms with Crippen molar-refractivity contribution in [2.75, 3.05) is 13.1 Å². The van der Waals surface area contributed by atoms with Crippen LogP contribution in [-0.2, 0) is 0 Å². The first-order valence-electron chi connectivity index (χ1n) is 4.83. The second-order valence-electron chi connectivity index (χ2n) is 3.18. The van der Waals surface area contributed by atoms with Crippen LogP contribution >= 0.6 is 0 Å². The normalized spacial score (nSPS) is 10.3. The van der Waals surface area contributed by atoms with Gasteiger partial charge in [-0.2, -0.15) is 0 Å². The molecule has 0 amide bonds. The molecular formula is C11H13F2NO. The van der Waals surface area contributed by atoms with E-state index in [0.717, 1.165) is 24.7 Å². The van der Waals surface area contributed by atoms with Crippen molar-refractivity contribution in [1.82, 2.24) is 5.32 Å². The Bertz CT molecular complexity index is 332. The van der Waals surface area contributed by atoms with Crippen molar-refractivity contribution in [1.29, 1.82) is 0 Å². The largest absolute Gasteiger partial charge is 0.317 e. The zero-order valence-corrected chi connectivity index (χ0v) is 8.52. The van der Waals surface area contributed by atoms with Gasteiger partial charge in [0.2, 0.25) is 0 Å². The molecule has 0 bridgehead atoms. The predicted octanol–water partition coefficient (Wildman–Crippen LogP) is 2.15. The minimum atomic E-state index is -0.721.